The zero-order valence-corrected chi connectivity index (χ0v) is 19.5. The SMILES string of the molecule is CCC(=O)N[C@H](c1nnc2n1CCN(Cc1c(OC)ccc3ccccc13)CC2)C(C)C. The van der Waals surface area contributed by atoms with Gasteiger partial charge in [0.1, 0.15) is 11.6 Å². The smallest absolute Gasteiger partial charge is 0.220 e. The first-order valence-corrected chi connectivity index (χ1v) is 11.5. The lowest BCUT2D eigenvalue weighted by atomic mass is 10.0. The zero-order valence-electron chi connectivity index (χ0n) is 19.5. The zero-order chi connectivity index (χ0) is 22.7. The molecule has 2 aromatic carbocycles. The third-order valence-corrected chi connectivity index (χ3v) is 6.33. The van der Waals surface area contributed by atoms with Gasteiger partial charge in [-0.1, -0.05) is 51.1 Å². The fraction of sp³-hybridized carbons (Fsp3) is 0.480. The van der Waals surface area contributed by atoms with E-state index in [1.54, 1.807) is 7.11 Å². The molecule has 7 nitrogen and oxygen atoms in total. The van der Waals surface area contributed by atoms with E-state index in [0.717, 1.165) is 50.0 Å². The van der Waals surface area contributed by atoms with Crippen LogP contribution in [-0.2, 0) is 24.3 Å². The molecule has 0 bridgehead atoms. The van der Waals surface area contributed by atoms with Crippen molar-refractivity contribution < 1.29 is 9.53 Å². The minimum Gasteiger partial charge on any atom is -0.496 e. The van der Waals surface area contributed by atoms with Crippen LogP contribution in [0.15, 0.2) is 36.4 Å². The molecule has 0 unspecified atom stereocenters. The summed E-state index contributed by atoms with van der Waals surface area (Å²) in [4.78, 5) is 14.5. The molecule has 0 fully saturated rings. The fourth-order valence-corrected chi connectivity index (χ4v) is 4.48. The summed E-state index contributed by atoms with van der Waals surface area (Å²) >= 11 is 0. The molecule has 0 saturated heterocycles. The number of rotatable bonds is 7. The molecule has 3 aromatic rings. The minimum absolute atomic E-state index is 0.0411. The van der Waals surface area contributed by atoms with Gasteiger partial charge in [0.05, 0.1) is 13.2 Å². The van der Waals surface area contributed by atoms with E-state index in [-0.39, 0.29) is 17.9 Å². The van der Waals surface area contributed by atoms with E-state index in [1.807, 2.05) is 6.92 Å². The van der Waals surface area contributed by atoms with Crippen molar-refractivity contribution >= 4 is 16.7 Å². The van der Waals surface area contributed by atoms with Gasteiger partial charge in [-0.05, 0) is 22.8 Å². The number of nitrogens with one attached hydrogen (secondary N) is 1. The van der Waals surface area contributed by atoms with Gasteiger partial charge in [0.2, 0.25) is 5.91 Å². The van der Waals surface area contributed by atoms with Crippen LogP contribution in [0.1, 0.15) is 50.4 Å². The predicted molar refractivity (Wildman–Crippen MR) is 126 cm³/mol. The Kier molecular flexibility index (Phi) is 6.74. The number of amides is 1. The van der Waals surface area contributed by atoms with Crippen molar-refractivity contribution in [3.05, 3.63) is 53.6 Å². The molecular weight excluding hydrogens is 402 g/mol. The fourth-order valence-electron chi connectivity index (χ4n) is 4.48. The number of carbonyl (C=O) groups excluding carboxylic acids is 1. The van der Waals surface area contributed by atoms with Crippen LogP contribution in [0.25, 0.3) is 10.8 Å². The Labute approximate surface area is 189 Å². The van der Waals surface area contributed by atoms with Crippen molar-refractivity contribution in [2.45, 2.75) is 52.7 Å². The van der Waals surface area contributed by atoms with Crippen LogP contribution in [0.3, 0.4) is 0 Å². The first-order chi connectivity index (χ1) is 15.5. The van der Waals surface area contributed by atoms with Crippen molar-refractivity contribution in [1.29, 1.82) is 0 Å². The van der Waals surface area contributed by atoms with E-state index in [1.165, 1.54) is 16.3 Å². The number of aromatic nitrogens is 3. The Hall–Kier alpha value is -2.93. The third kappa shape index (κ3) is 4.48. The van der Waals surface area contributed by atoms with Crippen LogP contribution >= 0.6 is 0 Å². The third-order valence-electron chi connectivity index (χ3n) is 6.33. The summed E-state index contributed by atoms with van der Waals surface area (Å²) in [5, 5.41) is 14.6. The van der Waals surface area contributed by atoms with Crippen LogP contribution in [0.4, 0.5) is 0 Å². The molecule has 170 valence electrons. The number of fused-ring (bicyclic) bond motifs is 2. The number of benzene rings is 2. The maximum atomic E-state index is 12.1. The molecule has 1 aliphatic heterocycles. The summed E-state index contributed by atoms with van der Waals surface area (Å²) in [6, 6.07) is 12.5. The molecule has 1 aromatic heterocycles. The molecule has 0 aliphatic carbocycles. The van der Waals surface area contributed by atoms with Crippen molar-refractivity contribution in [1.82, 2.24) is 25.0 Å². The molecule has 7 heteroatoms. The minimum atomic E-state index is -0.131. The van der Waals surface area contributed by atoms with Crippen molar-refractivity contribution in [2.24, 2.45) is 5.92 Å². The predicted octanol–water partition coefficient (Wildman–Crippen LogP) is 3.72. The van der Waals surface area contributed by atoms with Gasteiger partial charge in [0, 0.05) is 44.6 Å². The van der Waals surface area contributed by atoms with Gasteiger partial charge in [-0.2, -0.15) is 0 Å². The number of hydrogen-bond acceptors (Lipinski definition) is 5. The van der Waals surface area contributed by atoms with E-state index in [0.29, 0.717) is 6.42 Å². The topological polar surface area (TPSA) is 72.3 Å². The standard InChI is InChI=1S/C25H33N5O2/c1-5-23(31)26-24(17(2)3)25-28-27-22-12-13-29(14-15-30(22)25)16-20-19-9-7-6-8-18(19)10-11-21(20)32-4/h6-11,17,24H,5,12-16H2,1-4H3,(H,26,31)/t24-/m0/s1. The molecule has 4 rings (SSSR count). The highest BCUT2D eigenvalue weighted by Gasteiger charge is 2.27. The lowest BCUT2D eigenvalue weighted by molar-refractivity contribution is -0.121. The highest BCUT2D eigenvalue weighted by Crippen LogP contribution is 2.30. The number of hydrogen-bond donors (Lipinski definition) is 1. The van der Waals surface area contributed by atoms with Crippen LogP contribution < -0.4 is 10.1 Å². The first kappa shape index (κ1) is 22.3. The van der Waals surface area contributed by atoms with E-state index in [9.17, 15) is 4.79 Å². The summed E-state index contributed by atoms with van der Waals surface area (Å²) in [6.07, 6.45) is 1.29. The van der Waals surface area contributed by atoms with Gasteiger partial charge in [0.15, 0.2) is 5.82 Å². The van der Waals surface area contributed by atoms with Gasteiger partial charge in [-0.15, -0.1) is 10.2 Å². The number of methoxy groups -OCH3 is 1. The first-order valence-electron chi connectivity index (χ1n) is 11.5. The molecule has 2 heterocycles. The summed E-state index contributed by atoms with van der Waals surface area (Å²) in [7, 11) is 1.74. The van der Waals surface area contributed by atoms with Gasteiger partial charge in [-0.3, -0.25) is 9.69 Å². The quantitative estimate of drug-likeness (QED) is 0.612. The largest absolute Gasteiger partial charge is 0.496 e. The summed E-state index contributed by atoms with van der Waals surface area (Å²) in [5.41, 5.74) is 1.22. The second kappa shape index (κ2) is 9.69. The lowest BCUT2D eigenvalue weighted by Crippen LogP contribution is -2.34. The average molecular weight is 436 g/mol. The van der Waals surface area contributed by atoms with E-state index in [2.05, 4.69) is 75.2 Å². The average Bonchev–Trinajstić information content (AvgIpc) is 3.10. The van der Waals surface area contributed by atoms with Gasteiger partial charge >= 0.3 is 0 Å². The Morgan fingerprint density at radius 2 is 1.94 bits per heavy atom. The van der Waals surface area contributed by atoms with Crippen molar-refractivity contribution in [3.8, 4) is 5.75 Å². The number of ether oxygens (including phenoxy) is 1. The Morgan fingerprint density at radius 3 is 2.69 bits per heavy atom. The monoisotopic (exact) mass is 435 g/mol. The Bertz CT molecular complexity index is 1090. The van der Waals surface area contributed by atoms with Crippen LogP contribution in [0.5, 0.6) is 5.75 Å². The van der Waals surface area contributed by atoms with Gasteiger partial charge in [0.25, 0.3) is 0 Å². The Balaban J connectivity index is 1.56. The van der Waals surface area contributed by atoms with E-state index in [4.69, 9.17) is 4.74 Å². The van der Waals surface area contributed by atoms with Crippen molar-refractivity contribution in [3.63, 3.8) is 0 Å². The molecule has 0 radical (unpaired) electrons. The maximum Gasteiger partial charge on any atom is 0.220 e. The Morgan fingerprint density at radius 1 is 1.12 bits per heavy atom. The number of carbonyl (C=O) groups is 1. The summed E-state index contributed by atoms with van der Waals surface area (Å²) in [6.45, 7) is 9.50. The maximum absolute atomic E-state index is 12.1. The summed E-state index contributed by atoms with van der Waals surface area (Å²) < 4.78 is 7.91. The highest BCUT2D eigenvalue weighted by atomic mass is 16.5. The molecule has 1 N–H and O–H groups in total. The molecule has 1 aliphatic rings. The normalized spacial score (nSPS) is 15.4. The molecular formula is C25H33N5O2. The molecule has 0 spiro atoms. The van der Waals surface area contributed by atoms with E-state index >= 15 is 0 Å². The lowest BCUT2D eigenvalue weighted by Gasteiger charge is -2.24. The summed E-state index contributed by atoms with van der Waals surface area (Å²) in [5.74, 6) is 3.05. The second-order valence-corrected chi connectivity index (χ2v) is 8.76. The van der Waals surface area contributed by atoms with Crippen LogP contribution in [0, 0.1) is 5.92 Å². The molecule has 0 saturated carbocycles. The van der Waals surface area contributed by atoms with Crippen LogP contribution in [-0.4, -0.2) is 45.8 Å². The van der Waals surface area contributed by atoms with Gasteiger partial charge < -0.3 is 14.6 Å². The molecule has 1 atom stereocenters. The highest BCUT2D eigenvalue weighted by molar-refractivity contribution is 5.87. The van der Waals surface area contributed by atoms with E-state index < -0.39 is 0 Å². The molecule has 32 heavy (non-hydrogen) atoms. The number of nitrogens with zero attached hydrogens (tertiary/aromatic N) is 4. The second-order valence-electron chi connectivity index (χ2n) is 8.76. The van der Waals surface area contributed by atoms with Crippen LogP contribution in [0.2, 0.25) is 0 Å². The molecule has 1 amide bonds. The van der Waals surface area contributed by atoms with Gasteiger partial charge in [-0.25, -0.2) is 0 Å². The van der Waals surface area contributed by atoms with Crippen molar-refractivity contribution in [2.75, 3.05) is 20.2 Å².